The number of aromatic nitrogens is 4. The third-order valence-electron chi connectivity index (χ3n) is 5.69. The molecule has 4 rings (SSSR count). The minimum atomic E-state index is -1.42. The quantitative estimate of drug-likeness (QED) is 0.211. The number of nitrogens with zero attached hydrogens (tertiary/aromatic N) is 3. The molecule has 0 aliphatic carbocycles. The lowest BCUT2D eigenvalue weighted by Crippen LogP contribution is -2.67. The SMILES string of the molecule is CN[C@H](Cc1ccccc1)C(=O)NC1[C@H](CO)O[C@H](Nc2ncnc3nc[nH]c23)[C@@H](O)[C@@H]1O. The van der Waals surface area contributed by atoms with Crippen molar-refractivity contribution >= 4 is 22.9 Å². The van der Waals surface area contributed by atoms with Gasteiger partial charge >= 0.3 is 0 Å². The largest absolute Gasteiger partial charge is 0.394 e. The number of aliphatic hydroxyl groups excluding tert-OH is 3. The second-order valence-corrected chi connectivity index (χ2v) is 7.79. The molecule has 1 fully saturated rings. The zero-order valence-electron chi connectivity index (χ0n) is 17.9. The predicted molar refractivity (Wildman–Crippen MR) is 118 cm³/mol. The van der Waals surface area contributed by atoms with Gasteiger partial charge in [-0.2, -0.15) is 0 Å². The van der Waals surface area contributed by atoms with Crippen molar-refractivity contribution in [2.24, 2.45) is 0 Å². The predicted octanol–water partition coefficient (Wildman–Crippen LogP) is -1.48. The summed E-state index contributed by atoms with van der Waals surface area (Å²) in [5, 5.41) is 39.9. The third kappa shape index (κ3) is 4.94. The van der Waals surface area contributed by atoms with Gasteiger partial charge in [-0.1, -0.05) is 30.3 Å². The number of anilines is 1. The zero-order valence-corrected chi connectivity index (χ0v) is 17.9. The van der Waals surface area contributed by atoms with Crippen LogP contribution in [0.15, 0.2) is 43.0 Å². The molecule has 0 saturated carbocycles. The maximum Gasteiger partial charge on any atom is 0.237 e. The highest BCUT2D eigenvalue weighted by Gasteiger charge is 2.45. The Hall–Kier alpha value is -3.16. The number of H-pyrrole nitrogens is 1. The van der Waals surface area contributed by atoms with Crippen LogP contribution in [0.4, 0.5) is 5.82 Å². The molecule has 7 N–H and O–H groups in total. The van der Waals surface area contributed by atoms with Gasteiger partial charge in [-0.15, -0.1) is 0 Å². The maximum atomic E-state index is 12.9. The summed E-state index contributed by atoms with van der Waals surface area (Å²) in [7, 11) is 1.66. The molecule has 1 unspecified atom stereocenters. The van der Waals surface area contributed by atoms with Crippen molar-refractivity contribution in [2.45, 2.75) is 43.0 Å². The Morgan fingerprint density at radius 2 is 1.97 bits per heavy atom. The van der Waals surface area contributed by atoms with E-state index in [1.54, 1.807) is 7.05 Å². The van der Waals surface area contributed by atoms with Crippen LogP contribution in [0.3, 0.4) is 0 Å². The molecule has 0 radical (unpaired) electrons. The first-order chi connectivity index (χ1) is 16.0. The van der Waals surface area contributed by atoms with E-state index in [-0.39, 0.29) is 5.91 Å². The molecule has 33 heavy (non-hydrogen) atoms. The van der Waals surface area contributed by atoms with Crippen molar-refractivity contribution in [3.63, 3.8) is 0 Å². The summed E-state index contributed by atoms with van der Waals surface area (Å²) in [5.41, 5.74) is 1.88. The van der Waals surface area contributed by atoms with Crippen LogP contribution in [0, 0.1) is 0 Å². The third-order valence-corrected chi connectivity index (χ3v) is 5.69. The van der Waals surface area contributed by atoms with E-state index in [0.29, 0.717) is 23.4 Å². The summed E-state index contributed by atoms with van der Waals surface area (Å²) in [6.45, 7) is -0.487. The van der Waals surface area contributed by atoms with Gasteiger partial charge in [-0.05, 0) is 19.0 Å². The molecular formula is C21H27N7O5. The second kappa shape index (κ2) is 10.2. The van der Waals surface area contributed by atoms with Crippen molar-refractivity contribution in [1.29, 1.82) is 0 Å². The molecule has 1 aliphatic rings. The van der Waals surface area contributed by atoms with Gasteiger partial charge in [-0.25, -0.2) is 15.0 Å². The van der Waals surface area contributed by atoms with E-state index in [1.807, 2.05) is 30.3 Å². The monoisotopic (exact) mass is 457 g/mol. The van der Waals surface area contributed by atoms with Gasteiger partial charge in [-0.3, -0.25) is 4.79 Å². The highest BCUT2D eigenvalue weighted by Crippen LogP contribution is 2.24. The summed E-state index contributed by atoms with van der Waals surface area (Å²) in [6.07, 6.45) is -1.73. The normalized spacial score (nSPS) is 26.1. The Bertz CT molecular complexity index is 1060. The molecule has 1 aromatic carbocycles. The fraction of sp³-hybridized carbons (Fsp3) is 0.429. The number of aliphatic hydroxyl groups is 3. The van der Waals surface area contributed by atoms with Gasteiger partial charge in [0.25, 0.3) is 0 Å². The summed E-state index contributed by atoms with van der Waals surface area (Å²) in [6, 6.07) is 7.88. The van der Waals surface area contributed by atoms with E-state index in [1.165, 1.54) is 12.7 Å². The minimum absolute atomic E-state index is 0.311. The van der Waals surface area contributed by atoms with E-state index < -0.39 is 43.2 Å². The van der Waals surface area contributed by atoms with E-state index >= 15 is 0 Å². The van der Waals surface area contributed by atoms with Crippen molar-refractivity contribution in [1.82, 2.24) is 30.6 Å². The van der Waals surface area contributed by atoms with Crippen molar-refractivity contribution in [2.75, 3.05) is 19.0 Å². The topological polar surface area (TPSA) is 178 Å². The number of rotatable bonds is 8. The first-order valence-corrected chi connectivity index (χ1v) is 10.6. The summed E-state index contributed by atoms with van der Waals surface area (Å²) in [4.78, 5) is 28.0. The van der Waals surface area contributed by atoms with Gasteiger partial charge in [0, 0.05) is 0 Å². The Morgan fingerprint density at radius 1 is 1.18 bits per heavy atom. The first-order valence-electron chi connectivity index (χ1n) is 10.6. The minimum Gasteiger partial charge on any atom is -0.394 e. The molecule has 1 saturated heterocycles. The Morgan fingerprint density at radius 3 is 2.70 bits per heavy atom. The van der Waals surface area contributed by atoms with Crippen LogP contribution in [-0.4, -0.2) is 91.4 Å². The van der Waals surface area contributed by atoms with Crippen LogP contribution in [0.2, 0.25) is 0 Å². The molecule has 176 valence electrons. The smallest absolute Gasteiger partial charge is 0.237 e. The molecule has 1 aliphatic heterocycles. The number of benzene rings is 1. The Kier molecular flexibility index (Phi) is 7.11. The number of hydrogen-bond donors (Lipinski definition) is 7. The van der Waals surface area contributed by atoms with Crippen LogP contribution in [0.1, 0.15) is 5.56 Å². The molecule has 2 aromatic heterocycles. The van der Waals surface area contributed by atoms with Crippen LogP contribution in [0.5, 0.6) is 0 Å². The number of carbonyl (C=O) groups excluding carboxylic acids is 1. The van der Waals surface area contributed by atoms with Gasteiger partial charge in [0.2, 0.25) is 5.91 Å². The second-order valence-electron chi connectivity index (χ2n) is 7.79. The van der Waals surface area contributed by atoms with E-state index in [2.05, 4.69) is 35.9 Å². The van der Waals surface area contributed by atoms with E-state index in [4.69, 9.17) is 4.74 Å². The summed E-state index contributed by atoms with van der Waals surface area (Å²) in [5.74, 6) is -0.0768. The lowest BCUT2D eigenvalue weighted by Gasteiger charge is -2.43. The summed E-state index contributed by atoms with van der Waals surface area (Å²) < 4.78 is 5.79. The molecule has 12 nitrogen and oxygen atoms in total. The molecule has 3 heterocycles. The molecular weight excluding hydrogens is 430 g/mol. The van der Waals surface area contributed by atoms with E-state index in [9.17, 15) is 20.1 Å². The van der Waals surface area contributed by atoms with Crippen LogP contribution < -0.4 is 16.0 Å². The number of nitrogens with one attached hydrogen (secondary N) is 4. The number of aromatic amines is 1. The standard InChI is InChI=1S/C21H27N7O5/c1-22-12(7-11-5-3-2-4-6-11)20(32)27-14-13(8-29)33-21(17(31)16(14)30)28-19-15-18(24-9-23-15)25-10-26-19/h2-6,9-10,12-14,16-17,21-22,29-31H,7-8H2,1H3,(H,27,32)(H2,23,24,25,26,28)/t12-,13+,14?,16-,17+,21+/m1/s1. The van der Waals surface area contributed by atoms with Gasteiger partial charge in [0.15, 0.2) is 17.7 Å². The van der Waals surface area contributed by atoms with Crippen LogP contribution in [0.25, 0.3) is 11.2 Å². The molecule has 0 bridgehead atoms. The number of ether oxygens (including phenoxy) is 1. The lowest BCUT2D eigenvalue weighted by molar-refractivity contribution is -0.185. The molecule has 12 heteroatoms. The number of imidazole rings is 1. The van der Waals surface area contributed by atoms with Gasteiger partial charge in [0.1, 0.15) is 30.2 Å². The fourth-order valence-electron chi connectivity index (χ4n) is 3.87. The number of carbonyl (C=O) groups is 1. The first kappa shape index (κ1) is 23.0. The van der Waals surface area contributed by atoms with Crippen molar-refractivity contribution in [3.8, 4) is 0 Å². The average molecular weight is 457 g/mol. The fourth-order valence-corrected chi connectivity index (χ4v) is 3.87. The Labute approximate surface area is 189 Å². The highest BCUT2D eigenvalue weighted by atomic mass is 16.5. The molecule has 0 spiro atoms. The van der Waals surface area contributed by atoms with Crippen molar-refractivity contribution in [3.05, 3.63) is 48.5 Å². The average Bonchev–Trinajstić information content (AvgIpc) is 3.32. The number of hydrogen-bond acceptors (Lipinski definition) is 10. The summed E-state index contributed by atoms with van der Waals surface area (Å²) >= 11 is 0. The molecule has 6 atom stereocenters. The highest BCUT2D eigenvalue weighted by molar-refractivity contribution is 5.83. The lowest BCUT2D eigenvalue weighted by atomic mass is 9.94. The molecule has 3 aromatic rings. The maximum absolute atomic E-state index is 12.9. The van der Waals surface area contributed by atoms with E-state index in [0.717, 1.165) is 5.56 Å². The van der Waals surface area contributed by atoms with Crippen LogP contribution in [-0.2, 0) is 16.0 Å². The Balaban J connectivity index is 1.45. The van der Waals surface area contributed by atoms with Gasteiger partial charge in [0.05, 0.1) is 25.0 Å². The number of amides is 1. The molecule has 1 amide bonds. The van der Waals surface area contributed by atoms with Crippen LogP contribution >= 0.6 is 0 Å². The number of likely N-dealkylation sites (N-methyl/N-ethyl adjacent to an activating group) is 1. The zero-order chi connectivity index (χ0) is 23.4. The van der Waals surface area contributed by atoms with Crippen molar-refractivity contribution < 1.29 is 24.9 Å². The number of fused-ring (bicyclic) bond motifs is 1. The van der Waals surface area contributed by atoms with Gasteiger partial charge < -0.3 is 41.0 Å².